The molecule has 0 aliphatic heterocycles. The van der Waals surface area contributed by atoms with E-state index < -0.39 is 31.8 Å². The van der Waals surface area contributed by atoms with Gasteiger partial charge in [0.1, 0.15) is 8.65 Å². The summed E-state index contributed by atoms with van der Waals surface area (Å²) in [5.74, 6) is -1.05. The molecule has 4 aromatic carbocycles. The molecule has 4 rings (SSSR count). The fourth-order valence-electron chi connectivity index (χ4n) is 4.74. The Morgan fingerprint density at radius 2 is 0.650 bits per heavy atom. The van der Waals surface area contributed by atoms with Crippen molar-refractivity contribution in [1.82, 2.24) is 0 Å². The molecular weight excluding hydrogens is 632 g/mol. The van der Waals surface area contributed by atoms with Crippen LogP contribution in [0.1, 0.15) is 49.9 Å². The fraction of sp³-hybridized carbons (Fsp3) is 0.235. The van der Waals surface area contributed by atoms with E-state index in [2.05, 4.69) is 31.9 Å². The highest BCUT2D eigenvalue weighted by molar-refractivity contribution is 9.10. The first-order valence-electron chi connectivity index (χ1n) is 13.0. The molecule has 0 unspecified atom stereocenters. The van der Waals surface area contributed by atoms with Gasteiger partial charge in [-0.15, -0.1) is 0 Å². The third-order valence-corrected chi connectivity index (χ3v) is 7.33. The Hall–Kier alpha value is -3.22. The smallest absolute Gasteiger partial charge is 0.323 e. The molecule has 0 aromatic heterocycles. The Morgan fingerprint density at radius 1 is 0.450 bits per heavy atom. The average molecular weight is 664 g/mol. The standard InChI is InChI=1S/C34H32Br2O4/c1-31(2,35)29(37)39-33(25-17-9-5-10-18-25,26-19-11-6-12-20-26)34(27-21-13-7-14-22-27,28-23-15-8-16-24-28)40-30(38)32(3,4)36/h5-24H,1-4H3. The van der Waals surface area contributed by atoms with Gasteiger partial charge in [-0.05, 0) is 27.7 Å². The molecule has 0 spiro atoms. The van der Waals surface area contributed by atoms with Gasteiger partial charge in [-0.2, -0.15) is 0 Å². The average Bonchev–Trinajstić information content (AvgIpc) is 2.95. The predicted octanol–water partition coefficient (Wildman–Crippen LogP) is 8.31. The normalized spacial score (nSPS) is 12.4. The van der Waals surface area contributed by atoms with E-state index in [4.69, 9.17) is 9.47 Å². The zero-order valence-corrected chi connectivity index (χ0v) is 26.1. The van der Waals surface area contributed by atoms with Gasteiger partial charge in [-0.3, -0.25) is 9.59 Å². The van der Waals surface area contributed by atoms with E-state index in [1.807, 2.05) is 121 Å². The first-order valence-corrected chi connectivity index (χ1v) is 14.6. The van der Waals surface area contributed by atoms with Gasteiger partial charge in [0, 0.05) is 22.3 Å². The molecule has 0 fully saturated rings. The maximum Gasteiger partial charge on any atom is 0.323 e. The number of benzene rings is 4. The number of rotatable bonds is 9. The monoisotopic (exact) mass is 662 g/mol. The van der Waals surface area contributed by atoms with Gasteiger partial charge >= 0.3 is 11.9 Å². The second-order valence-electron chi connectivity index (χ2n) is 10.6. The Labute approximate surface area is 253 Å². The number of halogens is 2. The molecule has 0 amide bonds. The molecule has 206 valence electrons. The maximum atomic E-state index is 14.0. The number of carbonyl (C=O) groups is 2. The first kappa shape index (κ1) is 29.8. The highest BCUT2D eigenvalue weighted by atomic mass is 79.9. The highest BCUT2D eigenvalue weighted by Gasteiger charge is 2.63. The third kappa shape index (κ3) is 5.65. The number of carbonyl (C=O) groups excluding carboxylic acids is 2. The van der Waals surface area contributed by atoms with E-state index in [1.54, 1.807) is 27.7 Å². The van der Waals surface area contributed by atoms with E-state index in [1.165, 1.54) is 0 Å². The van der Waals surface area contributed by atoms with Crippen LogP contribution in [0.4, 0.5) is 0 Å². The third-order valence-electron chi connectivity index (χ3n) is 6.68. The van der Waals surface area contributed by atoms with Crippen LogP contribution in [-0.4, -0.2) is 20.6 Å². The van der Waals surface area contributed by atoms with Gasteiger partial charge in [-0.25, -0.2) is 0 Å². The summed E-state index contributed by atoms with van der Waals surface area (Å²) in [5, 5.41) is 0. The SMILES string of the molecule is CC(C)(Br)C(=O)OC(c1ccccc1)(c1ccccc1)C(OC(=O)C(C)(C)Br)(c1ccccc1)c1ccccc1. The van der Waals surface area contributed by atoms with E-state index >= 15 is 0 Å². The van der Waals surface area contributed by atoms with Gasteiger partial charge in [-0.1, -0.05) is 153 Å². The zero-order chi connectivity index (χ0) is 29.0. The van der Waals surface area contributed by atoms with Crippen molar-refractivity contribution >= 4 is 43.8 Å². The Kier molecular flexibility index (Phi) is 8.72. The fourth-order valence-corrected chi connectivity index (χ4v) is 4.90. The topological polar surface area (TPSA) is 52.6 Å². The summed E-state index contributed by atoms with van der Waals surface area (Å²) in [5.41, 5.74) is -0.764. The lowest BCUT2D eigenvalue weighted by Gasteiger charge is -2.50. The zero-order valence-electron chi connectivity index (χ0n) is 22.9. The van der Waals surface area contributed by atoms with Crippen LogP contribution in [0.3, 0.4) is 0 Å². The molecule has 0 aliphatic rings. The summed E-state index contributed by atoms with van der Waals surface area (Å²) in [6.45, 7) is 6.93. The lowest BCUT2D eigenvalue weighted by Crippen LogP contribution is -2.58. The highest BCUT2D eigenvalue weighted by Crippen LogP contribution is 2.55. The van der Waals surface area contributed by atoms with Gasteiger partial charge in [0.25, 0.3) is 0 Å². The largest absolute Gasteiger partial charge is 0.443 e. The second kappa shape index (κ2) is 11.7. The van der Waals surface area contributed by atoms with E-state index in [9.17, 15) is 9.59 Å². The van der Waals surface area contributed by atoms with Gasteiger partial charge in [0.2, 0.25) is 11.2 Å². The molecule has 0 saturated heterocycles. The second-order valence-corrected chi connectivity index (χ2v) is 14.5. The molecule has 0 N–H and O–H groups in total. The minimum Gasteiger partial charge on any atom is -0.443 e. The molecule has 0 bridgehead atoms. The summed E-state index contributed by atoms with van der Waals surface area (Å²) in [6.07, 6.45) is 0. The van der Waals surface area contributed by atoms with E-state index in [0.29, 0.717) is 22.3 Å². The van der Waals surface area contributed by atoms with Crippen molar-refractivity contribution in [3.05, 3.63) is 144 Å². The summed E-state index contributed by atoms with van der Waals surface area (Å²) in [4.78, 5) is 28.0. The molecular formula is C34H32Br2O4. The molecule has 0 heterocycles. The van der Waals surface area contributed by atoms with Crippen LogP contribution in [0, 0.1) is 0 Å². The van der Waals surface area contributed by atoms with Crippen LogP contribution in [0.25, 0.3) is 0 Å². The van der Waals surface area contributed by atoms with Crippen LogP contribution < -0.4 is 0 Å². The maximum absolute atomic E-state index is 14.0. The lowest BCUT2D eigenvalue weighted by atomic mass is 9.65. The lowest BCUT2D eigenvalue weighted by molar-refractivity contribution is -0.204. The van der Waals surface area contributed by atoms with Crippen LogP contribution in [-0.2, 0) is 30.3 Å². The summed E-state index contributed by atoms with van der Waals surface area (Å²) < 4.78 is 11.5. The quantitative estimate of drug-likeness (QED) is 0.134. The number of esters is 2. The summed E-state index contributed by atoms with van der Waals surface area (Å²) in [6, 6.07) is 37.9. The van der Waals surface area contributed by atoms with Crippen LogP contribution in [0.5, 0.6) is 0 Å². The minimum absolute atomic E-state index is 0.523. The molecule has 0 radical (unpaired) electrons. The van der Waals surface area contributed by atoms with Crippen molar-refractivity contribution in [2.24, 2.45) is 0 Å². The Morgan fingerprint density at radius 3 is 0.825 bits per heavy atom. The van der Waals surface area contributed by atoms with Crippen molar-refractivity contribution in [2.75, 3.05) is 0 Å². The first-order chi connectivity index (χ1) is 18.9. The molecule has 40 heavy (non-hydrogen) atoms. The van der Waals surface area contributed by atoms with Crippen molar-refractivity contribution in [3.63, 3.8) is 0 Å². The molecule has 4 nitrogen and oxygen atoms in total. The van der Waals surface area contributed by atoms with Crippen molar-refractivity contribution in [1.29, 1.82) is 0 Å². The van der Waals surface area contributed by atoms with Gasteiger partial charge in [0.05, 0.1) is 0 Å². The van der Waals surface area contributed by atoms with Crippen molar-refractivity contribution in [2.45, 2.75) is 47.5 Å². The van der Waals surface area contributed by atoms with Crippen LogP contribution >= 0.6 is 31.9 Å². The number of hydrogen-bond acceptors (Lipinski definition) is 4. The number of alkyl halides is 2. The molecule has 0 atom stereocenters. The minimum atomic E-state index is -1.66. The number of hydrogen-bond donors (Lipinski definition) is 0. The van der Waals surface area contributed by atoms with Gasteiger partial charge < -0.3 is 9.47 Å². The molecule has 4 aromatic rings. The summed E-state index contributed by atoms with van der Waals surface area (Å²) >= 11 is 7.03. The molecule has 0 aliphatic carbocycles. The predicted molar refractivity (Wildman–Crippen MR) is 166 cm³/mol. The van der Waals surface area contributed by atoms with E-state index in [-0.39, 0.29) is 0 Å². The number of ether oxygens (including phenoxy) is 2. The Balaban J connectivity index is 2.28. The van der Waals surface area contributed by atoms with Crippen molar-refractivity contribution in [3.8, 4) is 0 Å². The summed E-state index contributed by atoms with van der Waals surface area (Å²) in [7, 11) is 0. The van der Waals surface area contributed by atoms with Crippen LogP contribution in [0.2, 0.25) is 0 Å². The Bertz CT molecular complexity index is 1230. The van der Waals surface area contributed by atoms with Gasteiger partial charge in [0.15, 0.2) is 0 Å². The molecule has 6 heteroatoms. The molecule has 0 saturated carbocycles. The van der Waals surface area contributed by atoms with E-state index in [0.717, 1.165) is 0 Å². The van der Waals surface area contributed by atoms with Crippen molar-refractivity contribution < 1.29 is 19.1 Å². The van der Waals surface area contributed by atoms with Crippen LogP contribution in [0.15, 0.2) is 121 Å².